The predicted octanol–water partition coefficient (Wildman–Crippen LogP) is 5.59. The van der Waals surface area contributed by atoms with E-state index in [1.807, 2.05) is 12.1 Å². The Morgan fingerprint density at radius 1 is 1.24 bits per heavy atom. The molecule has 1 aromatic rings. The van der Waals surface area contributed by atoms with E-state index in [0.717, 1.165) is 34.8 Å². The summed E-state index contributed by atoms with van der Waals surface area (Å²) in [5.74, 6) is 2.29. The van der Waals surface area contributed by atoms with Crippen LogP contribution in [0.25, 0.3) is 0 Å². The first-order chi connectivity index (χ1) is 10.0. The largest absolute Gasteiger partial charge is 0.314 e. The fraction of sp³-hybridized carbons (Fsp3) is 0.667. The fourth-order valence-electron chi connectivity index (χ4n) is 3.63. The molecule has 21 heavy (non-hydrogen) atoms. The standard InChI is InChI=1S/C18H27Cl2N/c1-4-21-18-8-6-13(12(2)3)9-15(18)10-14-5-7-16(19)11-17(14)20/h5,7,11-13,15,18,21H,4,6,8-10H2,1-3H3. The highest BCUT2D eigenvalue weighted by atomic mass is 35.5. The molecular formula is C18H27Cl2N. The summed E-state index contributed by atoms with van der Waals surface area (Å²) < 4.78 is 0. The van der Waals surface area contributed by atoms with Gasteiger partial charge in [-0.15, -0.1) is 0 Å². The maximum absolute atomic E-state index is 6.37. The molecular weight excluding hydrogens is 301 g/mol. The van der Waals surface area contributed by atoms with Crippen molar-refractivity contribution >= 4 is 23.2 Å². The molecule has 1 fully saturated rings. The van der Waals surface area contributed by atoms with Crippen LogP contribution in [0.15, 0.2) is 18.2 Å². The predicted molar refractivity (Wildman–Crippen MR) is 93.3 cm³/mol. The van der Waals surface area contributed by atoms with Gasteiger partial charge in [0.25, 0.3) is 0 Å². The first-order valence-electron chi connectivity index (χ1n) is 8.18. The zero-order valence-electron chi connectivity index (χ0n) is 13.3. The SMILES string of the molecule is CCNC1CCC(C(C)C)CC1Cc1ccc(Cl)cc1Cl. The highest BCUT2D eigenvalue weighted by molar-refractivity contribution is 6.35. The van der Waals surface area contributed by atoms with Crippen LogP contribution in [0.1, 0.15) is 45.6 Å². The molecule has 0 saturated heterocycles. The Morgan fingerprint density at radius 3 is 2.62 bits per heavy atom. The zero-order valence-corrected chi connectivity index (χ0v) is 14.8. The highest BCUT2D eigenvalue weighted by Crippen LogP contribution is 2.37. The third kappa shape index (κ3) is 4.61. The molecule has 1 aliphatic rings. The van der Waals surface area contributed by atoms with Crippen LogP contribution < -0.4 is 5.32 Å². The van der Waals surface area contributed by atoms with Gasteiger partial charge in [0.05, 0.1) is 0 Å². The molecule has 1 aromatic carbocycles. The minimum absolute atomic E-state index is 0.622. The van der Waals surface area contributed by atoms with E-state index in [0.29, 0.717) is 12.0 Å². The lowest BCUT2D eigenvalue weighted by Gasteiger charge is -2.38. The van der Waals surface area contributed by atoms with Gasteiger partial charge in [0.15, 0.2) is 0 Å². The monoisotopic (exact) mass is 327 g/mol. The summed E-state index contributed by atoms with van der Waals surface area (Å²) in [6, 6.07) is 6.53. The van der Waals surface area contributed by atoms with Crippen molar-refractivity contribution in [3.8, 4) is 0 Å². The van der Waals surface area contributed by atoms with Gasteiger partial charge in [-0.1, -0.05) is 50.0 Å². The molecule has 1 N–H and O–H groups in total. The number of nitrogens with one attached hydrogen (secondary N) is 1. The van der Waals surface area contributed by atoms with E-state index in [9.17, 15) is 0 Å². The molecule has 3 heteroatoms. The van der Waals surface area contributed by atoms with Gasteiger partial charge in [-0.2, -0.15) is 0 Å². The number of benzene rings is 1. The Bertz CT molecular complexity index is 459. The molecule has 0 heterocycles. The molecule has 118 valence electrons. The minimum atomic E-state index is 0.622. The van der Waals surface area contributed by atoms with Crippen LogP contribution in [0, 0.1) is 17.8 Å². The van der Waals surface area contributed by atoms with Crippen molar-refractivity contribution in [2.45, 2.75) is 52.5 Å². The van der Waals surface area contributed by atoms with Crippen molar-refractivity contribution in [3.05, 3.63) is 33.8 Å². The second kappa shape index (κ2) is 7.85. The minimum Gasteiger partial charge on any atom is -0.314 e. The smallest absolute Gasteiger partial charge is 0.0452 e. The molecule has 0 spiro atoms. The van der Waals surface area contributed by atoms with Crippen LogP contribution in [0.4, 0.5) is 0 Å². The summed E-state index contributed by atoms with van der Waals surface area (Å²) in [5.41, 5.74) is 1.23. The average Bonchev–Trinajstić information content (AvgIpc) is 2.43. The van der Waals surface area contributed by atoms with Gasteiger partial charge in [-0.05, 0) is 67.7 Å². The van der Waals surface area contributed by atoms with Crippen LogP contribution in [0.3, 0.4) is 0 Å². The van der Waals surface area contributed by atoms with Crippen LogP contribution >= 0.6 is 23.2 Å². The van der Waals surface area contributed by atoms with E-state index in [2.05, 4.69) is 32.2 Å². The lowest BCUT2D eigenvalue weighted by molar-refractivity contribution is 0.169. The number of hydrogen-bond donors (Lipinski definition) is 1. The van der Waals surface area contributed by atoms with Crippen LogP contribution in [0.2, 0.25) is 10.0 Å². The van der Waals surface area contributed by atoms with E-state index in [1.54, 1.807) is 0 Å². The Labute approximate surface area is 139 Å². The molecule has 0 amide bonds. The molecule has 0 radical (unpaired) electrons. The van der Waals surface area contributed by atoms with Gasteiger partial charge < -0.3 is 5.32 Å². The Hall–Kier alpha value is -0.240. The lowest BCUT2D eigenvalue weighted by Crippen LogP contribution is -2.42. The topological polar surface area (TPSA) is 12.0 Å². The Morgan fingerprint density at radius 2 is 2.00 bits per heavy atom. The summed E-state index contributed by atoms with van der Waals surface area (Å²) in [6.45, 7) is 7.94. The van der Waals surface area contributed by atoms with E-state index in [-0.39, 0.29) is 0 Å². The maximum atomic E-state index is 6.37. The maximum Gasteiger partial charge on any atom is 0.0452 e. The first-order valence-corrected chi connectivity index (χ1v) is 8.94. The van der Waals surface area contributed by atoms with Crippen molar-refractivity contribution in [3.63, 3.8) is 0 Å². The van der Waals surface area contributed by atoms with Gasteiger partial charge in [0.1, 0.15) is 0 Å². The van der Waals surface area contributed by atoms with Gasteiger partial charge in [0, 0.05) is 16.1 Å². The van der Waals surface area contributed by atoms with Crippen LogP contribution in [0.5, 0.6) is 0 Å². The van der Waals surface area contributed by atoms with Crippen molar-refractivity contribution in [1.82, 2.24) is 5.32 Å². The average molecular weight is 328 g/mol. The Kier molecular flexibility index (Phi) is 6.40. The third-order valence-corrected chi connectivity index (χ3v) is 5.52. The van der Waals surface area contributed by atoms with Crippen molar-refractivity contribution in [2.24, 2.45) is 17.8 Å². The van der Waals surface area contributed by atoms with Crippen molar-refractivity contribution in [2.75, 3.05) is 6.54 Å². The summed E-state index contributed by atoms with van der Waals surface area (Å²) in [5, 5.41) is 5.20. The molecule has 1 nitrogen and oxygen atoms in total. The molecule has 3 unspecified atom stereocenters. The first kappa shape index (κ1) is 17.1. The summed E-state index contributed by atoms with van der Waals surface area (Å²) in [4.78, 5) is 0. The molecule has 1 saturated carbocycles. The summed E-state index contributed by atoms with van der Waals surface area (Å²) in [7, 11) is 0. The van der Waals surface area contributed by atoms with Crippen molar-refractivity contribution in [1.29, 1.82) is 0 Å². The van der Waals surface area contributed by atoms with E-state index < -0.39 is 0 Å². The Balaban J connectivity index is 2.11. The number of hydrogen-bond acceptors (Lipinski definition) is 1. The van der Waals surface area contributed by atoms with E-state index in [1.165, 1.54) is 24.8 Å². The lowest BCUT2D eigenvalue weighted by atomic mass is 9.71. The van der Waals surface area contributed by atoms with Gasteiger partial charge in [-0.25, -0.2) is 0 Å². The van der Waals surface area contributed by atoms with E-state index in [4.69, 9.17) is 23.2 Å². The molecule has 3 atom stereocenters. The highest BCUT2D eigenvalue weighted by Gasteiger charge is 2.31. The summed E-state index contributed by atoms with van der Waals surface area (Å²) in [6.07, 6.45) is 4.98. The second-order valence-electron chi connectivity index (χ2n) is 6.68. The van der Waals surface area contributed by atoms with Crippen LogP contribution in [-0.4, -0.2) is 12.6 Å². The number of rotatable bonds is 5. The van der Waals surface area contributed by atoms with Gasteiger partial charge in [-0.3, -0.25) is 0 Å². The third-order valence-electron chi connectivity index (χ3n) is 4.93. The number of halogens is 2. The van der Waals surface area contributed by atoms with Crippen LogP contribution in [-0.2, 0) is 6.42 Å². The van der Waals surface area contributed by atoms with Gasteiger partial charge >= 0.3 is 0 Å². The van der Waals surface area contributed by atoms with E-state index >= 15 is 0 Å². The normalized spacial score (nSPS) is 26.3. The quantitative estimate of drug-likeness (QED) is 0.743. The molecule has 0 aliphatic heterocycles. The fourth-order valence-corrected chi connectivity index (χ4v) is 4.12. The van der Waals surface area contributed by atoms with Crippen molar-refractivity contribution < 1.29 is 0 Å². The zero-order chi connectivity index (χ0) is 15.4. The van der Waals surface area contributed by atoms with Gasteiger partial charge in [0.2, 0.25) is 0 Å². The molecule has 1 aliphatic carbocycles. The second-order valence-corrected chi connectivity index (χ2v) is 7.52. The summed E-state index contributed by atoms with van der Waals surface area (Å²) >= 11 is 12.4. The molecule has 2 rings (SSSR count). The molecule has 0 bridgehead atoms. The molecule has 0 aromatic heterocycles.